The number of hydrogen-bond acceptors (Lipinski definition) is 2. The van der Waals surface area contributed by atoms with E-state index in [1.807, 2.05) is 6.92 Å². The van der Waals surface area contributed by atoms with Crippen molar-refractivity contribution in [3.63, 3.8) is 0 Å². The molecule has 0 heterocycles. The smallest absolute Gasteiger partial charge is 0.405 e. The summed E-state index contributed by atoms with van der Waals surface area (Å²) in [5.74, 6) is 0. The largest absolute Gasteiger partial charge is 0.465 e. The molecule has 0 bridgehead atoms. The molecule has 4 N–H and O–H groups in total. The Hall–Kier alpha value is -1.72. The van der Waals surface area contributed by atoms with Gasteiger partial charge >= 0.3 is 12.2 Å². The van der Waals surface area contributed by atoms with Gasteiger partial charge in [-0.1, -0.05) is 25.5 Å². The first-order chi connectivity index (χ1) is 7.94. The van der Waals surface area contributed by atoms with Crippen LogP contribution in [0.2, 0.25) is 0 Å². The van der Waals surface area contributed by atoms with Gasteiger partial charge in [-0.2, -0.15) is 0 Å². The van der Waals surface area contributed by atoms with Crippen LogP contribution in [0.25, 0.3) is 0 Å². The normalized spacial score (nSPS) is 19.4. The third-order valence-corrected chi connectivity index (χ3v) is 3.23. The van der Waals surface area contributed by atoms with Gasteiger partial charge in [-0.15, -0.1) is 0 Å². The zero-order valence-corrected chi connectivity index (χ0v) is 9.77. The van der Waals surface area contributed by atoms with E-state index >= 15 is 0 Å². The number of carbonyl (C=O) groups is 2. The van der Waals surface area contributed by atoms with Gasteiger partial charge in [0.25, 0.3) is 0 Å². The minimum atomic E-state index is -1.09. The third-order valence-electron chi connectivity index (χ3n) is 3.23. The molecular formula is C11H18N2O4. The molecule has 0 aromatic rings. The van der Waals surface area contributed by atoms with Crippen LogP contribution in [0.15, 0.2) is 12.2 Å². The van der Waals surface area contributed by atoms with Gasteiger partial charge < -0.3 is 20.8 Å². The van der Waals surface area contributed by atoms with Gasteiger partial charge in [0.1, 0.15) is 0 Å². The SMILES string of the molecule is CC1(C(/C=C/CNC(=O)O)NC(=O)O)CCC1. The van der Waals surface area contributed by atoms with Gasteiger partial charge in [0.05, 0.1) is 6.04 Å². The molecule has 0 radical (unpaired) electrons. The van der Waals surface area contributed by atoms with E-state index in [4.69, 9.17) is 10.2 Å². The highest BCUT2D eigenvalue weighted by Crippen LogP contribution is 2.43. The maximum Gasteiger partial charge on any atom is 0.405 e. The predicted molar refractivity (Wildman–Crippen MR) is 62.1 cm³/mol. The molecule has 1 saturated carbocycles. The van der Waals surface area contributed by atoms with E-state index in [-0.39, 0.29) is 18.0 Å². The molecule has 0 aromatic carbocycles. The fourth-order valence-electron chi connectivity index (χ4n) is 1.98. The summed E-state index contributed by atoms with van der Waals surface area (Å²) in [6, 6.07) is -0.260. The minimum absolute atomic E-state index is 0.0435. The zero-order chi connectivity index (χ0) is 12.9. The molecule has 96 valence electrons. The Morgan fingerprint density at radius 2 is 2.00 bits per heavy atom. The van der Waals surface area contributed by atoms with Crippen molar-refractivity contribution < 1.29 is 19.8 Å². The standard InChI is InChI=1S/C11H18N2O4/c1-11(5-3-6-11)8(13-10(16)17)4-2-7-12-9(14)15/h2,4,8,12-13H,3,5-7H2,1H3,(H,14,15)(H,16,17)/b4-2+. The van der Waals surface area contributed by atoms with Crippen molar-refractivity contribution in [1.82, 2.24) is 10.6 Å². The van der Waals surface area contributed by atoms with Crippen LogP contribution in [-0.2, 0) is 0 Å². The lowest BCUT2D eigenvalue weighted by Crippen LogP contribution is -2.48. The maximum absolute atomic E-state index is 10.7. The van der Waals surface area contributed by atoms with Crippen molar-refractivity contribution in [2.45, 2.75) is 32.2 Å². The molecule has 1 fully saturated rings. The van der Waals surface area contributed by atoms with Crippen LogP contribution in [0.1, 0.15) is 26.2 Å². The highest BCUT2D eigenvalue weighted by molar-refractivity contribution is 5.65. The molecule has 2 amide bonds. The summed E-state index contributed by atoms with van der Waals surface area (Å²) in [5.41, 5.74) is -0.0435. The van der Waals surface area contributed by atoms with Crippen LogP contribution in [0.3, 0.4) is 0 Å². The Morgan fingerprint density at radius 3 is 2.41 bits per heavy atom. The third kappa shape index (κ3) is 3.97. The van der Waals surface area contributed by atoms with E-state index < -0.39 is 12.2 Å². The summed E-state index contributed by atoms with van der Waals surface area (Å²) in [6.45, 7) is 2.22. The maximum atomic E-state index is 10.7. The molecule has 0 saturated heterocycles. The molecule has 0 spiro atoms. The van der Waals surface area contributed by atoms with Crippen LogP contribution < -0.4 is 10.6 Å². The summed E-state index contributed by atoms with van der Waals surface area (Å²) < 4.78 is 0. The van der Waals surface area contributed by atoms with Crippen LogP contribution in [0.5, 0.6) is 0 Å². The first-order valence-electron chi connectivity index (χ1n) is 5.57. The molecule has 1 unspecified atom stereocenters. The van der Waals surface area contributed by atoms with Crippen molar-refractivity contribution in [1.29, 1.82) is 0 Å². The Labute approximate surface area is 99.7 Å². The Kier molecular flexibility index (Phi) is 4.37. The van der Waals surface area contributed by atoms with E-state index in [2.05, 4.69) is 10.6 Å². The van der Waals surface area contributed by atoms with Crippen molar-refractivity contribution in [2.75, 3.05) is 6.54 Å². The highest BCUT2D eigenvalue weighted by Gasteiger charge is 2.39. The van der Waals surface area contributed by atoms with Gasteiger partial charge in [-0.3, -0.25) is 0 Å². The Morgan fingerprint density at radius 1 is 1.35 bits per heavy atom. The fourth-order valence-corrected chi connectivity index (χ4v) is 1.98. The molecule has 1 rings (SSSR count). The topological polar surface area (TPSA) is 98.7 Å². The van der Waals surface area contributed by atoms with E-state index in [0.717, 1.165) is 19.3 Å². The Balaban J connectivity index is 2.51. The monoisotopic (exact) mass is 242 g/mol. The first-order valence-corrected chi connectivity index (χ1v) is 5.57. The first kappa shape index (κ1) is 13.3. The van der Waals surface area contributed by atoms with Crippen LogP contribution in [0.4, 0.5) is 9.59 Å². The number of nitrogens with one attached hydrogen (secondary N) is 2. The van der Waals surface area contributed by atoms with Crippen molar-refractivity contribution in [2.24, 2.45) is 5.41 Å². The van der Waals surface area contributed by atoms with Gasteiger partial charge in [0.2, 0.25) is 0 Å². The molecule has 0 aliphatic heterocycles. The lowest BCUT2D eigenvalue weighted by molar-refractivity contribution is 0.114. The minimum Gasteiger partial charge on any atom is -0.465 e. The molecule has 0 aromatic heterocycles. The van der Waals surface area contributed by atoms with Gasteiger partial charge in [-0.25, -0.2) is 9.59 Å². The molecule has 1 aliphatic carbocycles. The zero-order valence-electron chi connectivity index (χ0n) is 9.77. The average molecular weight is 242 g/mol. The molecule has 17 heavy (non-hydrogen) atoms. The summed E-state index contributed by atoms with van der Waals surface area (Å²) in [5, 5.41) is 21.8. The summed E-state index contributed by atoms with van der Waals surface area (Å²) >= 11 is 0. The van der Waals surface area contributed by atoms with Crippen molar-refractivity contribution >= 4 is 12.2 Å². The van der Waals surface area contributed by atoms with Crippen molar-refractivity contribution in [3.05, 3.63) is 12.2 Å². The molecule has 6 heteroatoms. The van der Waals surface area contributed by atoms with Crippen LogP contribution in [-0.4, -0.2) is 35.0 Å². The van der Waals surface area contributed by atoms with E-state index in [1.165, 1.54) is 0 Å². The van der Waals surface area contributed by atoms with E-state index in [1.54, 1.807) is 12.2 Å². The van der Waals surface area contributed by atoms with E-state index in [0.29, 0.717) is 0 Å². The summed E-state index contributed by atoms with van der Waals surface area (Å²) in [6.07, 6.45) is 4.28. The second-order valence-electron chi connectivity index (χ2n) is 4.55. The second-order valence-corrected chi connectivity index (χ2v) is 4.55. The number of amides is 2. The van der Waals surface area contributed by atoms with Crippen LogP contribution >= 0.6 is 0 Å². The average Bonchev–Trinajstić information content (AvgIpc) is 2.18. The number of carboxylic acid groups (broad SMARTS) is 2. The highest BCUT2D eigenvalue weighted by atomic mass is 16.4. The quantitative estimate of drug-likeness (QED) is 0.551. The van der Waals surface area contributed by atoms with Gasteiger partial charge in [-0.05, 0) is 18.3 Å². The molecule has 1 atom stereocenters. The van der Waals surface area contributed by atoms with Gasteiger partial charge in [0, 0.05) is 6.54 Å². The fraction of sp³-hybridized carbons (Fsp3) is 0.636. The summed E-state index contributed by atoms with van der Waals surface area (Å²) in [7, 11) is 0. The van der Waals surface area contributed by atoms with Crippen molar-refractivity contribution in [3.8, 4) is 0 Å². The summed E-state index contributed by atoms with van der Waals surface area (Å²) in [4.78, 5) is 20.9. The second kappa shape index (κ2) is 5.56. The molecule has 6 nitrogen and oxygen atoms in total. The number of rotatable bonds is 5. The number of hydrogen-bond donors (Lipinski definition) is 4. The molecule has 1 aliphatic rings. The van der Waals surface area contributed by atoms with Gasteiger partial charge in [0.15, 0.2) is 0 Å². The lowest BCUT2D eigenvalue weighted by atomic mass is 9.65. The van der Waals surface area contributed by atoms with E-state index in [9.17, 15) is 9.59 Å². The predicted octanol–water partition coefficient (Wildman–Crippen LogP) is 1.64. The molecular weight excluding hydrogens is 224 g/mol. The van der Waals surface area contributed by atoms with Crippen LogP contribution in [0, 0.1) is 5.41 Å². The Bertz CT molecular complexity index is 323. The lowest BCUT2D eigenvalue weighted by Gasteiger charge is -2.43.